The predicted molar refractivity (Wildman–Crippen MR) is 128 cm³/mol. The minimum atomic E-state index is -0.236. The minimum absolute atomic E-state index is 0.0328. The molecule has 0 unspecified atom stereocenters. The zero-order chi connectivity index (χ0) is 24.0. The molecule has 0 atom stereocenters. The summed E-state index contributed by atoms with van der Waals surface area (Å²) in [5.41, 5.74) is 0.381. The number of anilines is 1. The standard InChI is InChI=1S/C24H27N7O3/c1-24(2,15-27-22-17-6-3-4-7-18(17)23(33)30-29-22)14-26-19(32)8-5-9-20-28-21(31-34-20)16-10-12-25-13-11-16/h3-4,6-7,10-13H,5,8-9,14-15H2,1-2H3,(H,26,32)(H,27,29)(H,30,33). The number of H-pyrrole nitrogens is 1. The monoisotopic (exact) mass is 461 g/mol. The Labute approximate surface area is 196 Å². The number of aromatic nitrogens is 5. The van der Waals surface area contributed by atoms with Gasteiger partial charge in [0.1, 0.15) is 0 Å². The van der Waals surface area contributed by atoms with E-state index in [0.29, 0.717) is 55.3 Å². The largest absolute Gasteiger partial charge is 0.368 e. The first-order chi connectivity index (χ1) is 16.4. The van der Waals surface area contributed by atoms with Crippen molar-refractivity contribution in [2.75, 3.05) is 18.4 Å². The predicted octanol–water partition coefficient (Wildman–Crippen LogP) is 2.95. The number of hydrogen-bond acceptors (Lipinski definition) is 8. The van der Waals surface area contributed by atoms with E-state index in [0.717, 1.165) is 10.9 Å². The lowest BCUT2D eigenvalue weighted by atomic mass is 9.93. The Kier molecular flexibility index (Phi) is 6.95. The summed E-state index contributed by atoms with van der Waals surface area (Å²) in [7, 11) is 0. The summed E-state index contributed by atoms with van der Waals surface area (Å²) in [6.07, 6.45) is 4.85. The SMILES string of the molecule is CC(C)(CNC(=O)CCCc1nc(-c2ccncc2)no1)CNc1n[nH]c(=O)c2ccccc12. The molecule has 10 heteroatoms. The summed E-state index contributed by atoms with van der Waals surface area (Å²) in [6, 6.07) is 10.9. The van der Waals surface area contributed by atoms with Gasteiger partial charge in [-0.1, -0.05) is 37.2 Å². The second kappa shape index (κ2) is 10.2. The highest BCUT2D eigenvalue weighted by Gasteiger charge is 2.20. The van der Waals surface area contributed by atoms with Gasteiger partial charge in [0.2, 0.25) is 17.6 Å². The van der Waals surface area contributed by atoms with Crippen LogP contribution in [0.2, 0.25) is 0 Å². The summed E-state index contributed by atoms with van der Waals surface area (Å²) in [6.45, 7) is 5.16. The molecular weight excluding hydrogens is 434 g/mol. The van der Waals surface area contributed by atoms with Gasteiger partial charge in [0.05, 0.1) is 5.39 Å². The van der Waals surface area contributed by atoms with Crippen LogP contribution in [0, 0.1) is 5.41 Å². The number of carbonyl (C=O) groups is 1. The maximum Gasteiger partial charge on any atom is 0.272 e. The first kappa shape index (κ1) is 23.1. The molecular formula is C24H27N7O3. The van der Waals surface area contributed by atoms with Crippen molar-refractivity contribution >= 4 is 22.5 Å². The van der Waals surface area contributed by atoms with Crippen LogP contribution in [0.25, 0.3) is 22.2 Å². The number of nitrogens with one attached hydrogen (secondary N) is 3. The number of aryl methyl sites for hydroxylation is 1. The summed E-state index contributed by atoms with van der Waals surface area (Å²) in [5.74, 6) is 1.60. The number of nitrogens with zero attached hydrogens (tertiary/aromatic N) is 4. The molecule has 34 heavy (non-hydrogen) atoms. The van der Waals surface area contributed by atoms with E-state index < -0.39 is 0 Å². The zero-order valence-electron chi connectivity index (χ0n) is 19.2. The van der Waals surface area contributed by atoms with Crippen LogP contribution in [0.3, 0.4) is 0 Å². The van der Waals surface area contributed by atoms with E-state index >= 15 is 0 Å². The van der Waals surface area contributed by atoms with Crippen LogP contribution in [-0.2, 0) is 11.2 Å². The van der Waals surface area contributed by atoms with Gasteiger partial charge in [0.15, 0.2) is 5.82 Å². The summed E-state index contributed by atoms with van der Waals surface area (Å²) < 4.78 is 5.28. The van der Waals surface area contributed by atoms with Crippen molar-refractivity contribution in [3.05, 3.63) is 65.0 Å². The molecule has 0 aliphatic heterocycles. The number of carbonyl (C=O) groups excluding carboxylic acids is 1. The van der Waals surface area contributed by atoms with Gasteiger partial charge in [-0.15, -0.1) is 0 Å². The van der Waals surface area contributed by atoms with Crippen LogP contribution in [0.4, 0.5) is 5.82 Å². The van der Waals surface area contributed by atoms with Crippen LogP contribution < -0.4 is 16.2 Å². The van der Waals surface area contributed by atoms with Crippen molar-refractivity contribution in [3.63, 3.8) is 0 Å². The molecule has 0 saturated carbocycles. The molecule has 0 spiro atoms. The molecule has 0 fully saturated rings. The van der Waals surface area contributed by atoms with Crippen LogP contribution in [-0.4, -0.2) is 44.3 Å². The molecule has 10 nitrogen and oxygen atoms in total. The topological polar surface area (TPSA) is 139 Å². The Bertz CT molecular complexity index is 1310. The fourth-order valence-electron chi connectivity index (χ4n) is 3.44. The summed E-state index contributed by atoms with van der Waals surface area (Å²) in [4.78, 5) is 32.6. The Morgan fingerprint density at radius 2 is 1.85 bits per heavy atom. The van der Waals surface area contributed by atoms with Crippen molar-refractivity contribution < 1.29 is 9.32 Å². The average Bonchev–Trinajstić information content (AvgIpc) is 3.32. The lowest BCUT2D eigenvalue weighted by Gasteiger charge is -2.25. The molecule has 4 aromatic rings. The minimum Gasteiger partial charge on any atom is -0.368 e. The fourth-order valence-corrected chi connectivity index (χ4v) is 3.44. The van der Waals surface area contributed by atoms with E-state index in [2.05, 4.69) is 36.0 Å². The smallest absolute Gasteiger partial charge is 0.272 e. The molecule has 1 aromatic carbocycles. The molecule has 176 valence electrons. The zero-order valence-corrected chi connectivity index (χ0v) is 19.2. The van der Waals surface area contributed by atoms with Crippen LogP contribution >= 0.6 is 0 Å². The van der Waals surface area contributed by atoms with E-state index in [4.69, 9.17) is 4.52 Å². The number of amides is 1. The van der Waals surface area contributed by atoms with Crippen molar-refractivity contribution in [1.82, 2.24) is 30.6 Å². The second-order valence-electron chi connectivity index (χ2n) is 8.84. The Hall–Kier alpha value is -4.08. The van der Waals surface area contributed by atoms with Crippen molar-refractivity contribution in [2.45, 2.75) is 33.1 Å². The number of aromatic amines is 1. The Morgan fingerprint density at radius 3 is 2.65 bits per heavy atom. The fraction of sp³-hybridized carbons (Fsp3) is 0.333. The number of pyridine rings is 1. The lowest BCUT2D eigenvalue weighted by molar-refractivity contribution is -0.121. The molecule has 0 bridgehead atoms. The van der Waals surface area contributed by atoms with E-state index in [9.17, 15) is 9.59 Å². The van der Waals surface area contributed by atoms with E-state index in [1.807, 2.05) is 44.2 Å². The van der Waals surface area contributed by atoms with Crippen molar-refractivity contribution in [2.24, 2.45) is 5.41 Å². The maximum atomic E-state index is 12.3. The number of rotatable bonds is 10. The lowest BCUT2D eigenvalue weighted by Crippen LogP contribution is -2.38. The molecule has 0 radical (unpaired) electrons. The Balaban J connectivity index is 1.22. The molecule has 0 saturated heterocycles. The number of benzene rings is 1. The third-order valence-electron chi connectivity index (χ3n) is 5.40. The third-order valence-corrected chi connectivity index (χ3v) is 5.40. The van der Waals surface area contributed by atoms with Gasteiger partial charge in [-0.3, -0.25) is 14.6 Å². The van der Waals surface area contributed by atoms with Crippen LogP contribution in [0.15, 0.2) is 58.1 Å². The quantitative estimate of drug-likeness (QED) is 0.328. The first-order valence-corrected chi connectivity index (χ1v) is 11.1. The third kappa shape index (κ3) is 5.83. The van der Waals surface area contributed by atoms with E-state index in [-0.39, 0.29) is 16.9 Å². The van der Waals surface area contributed by atoms with E-state index in [1.165, 1.54) is 0 Å². The van der Waals surface area contributed by atoms with Gasteiger partial charge >= 0.3 is 0 Å². The molecule has 1 amide bonds. The van der Waals surface area contributed by atoms with Crippen LogP contribution in [0.1, 0.15) is 32.6 Å². The van der Waals surface area contributed by atoms with Gasteiger partial charge in [0.25, 0.3) is 5.56 Å². The molecule has 4 rings (SSSR count). The van der Waals surface area contributed by atoms with Gasteiger partial charge in [-0.05, 0) is 30.0 Å². The van der Waals surface area contributed by atoms with Gasteiger partial charge in [-0.2, -0.15) is 10.1 Å². The normalized spacial score (nSPS) is 11.5. The number of hydrogen-bond donors (Lipinski definition) is 3. The second-order valence-corrected chi connectivity index (χ2v) is 8.84. The van der Waals surface area contributed by atoms with Crippen molar-refractivity contribution in [1.29, 1.82) is 0 Å². The highest BCUT2D eigenvalue weighted by molar-refractivity contribution is 5.90. The van der Waals surface area contributed by atoms with E-state index in [1.54, 1.807) is 18.5 Å². The summed E-state index contributed by atoms with van der Waals surface area (Å²) in [5, 5.41) is 18.3. The molecule has 3 N–H and O–H groups in total. The molecule has 0 aliphatic carbocycles. The molecule has 3 heterocycles. The average molecular weight is 462 g/mol. The van der Waals surface area contributed by atoms with Gasteiger partial charge < -0.3 is 15.2 Å². The Morgan fingerprint density at radius 1 is 1.09 bits per heavy atom. The maximum absolute atomic E-state index is 12.3. The molecule has 0 aliphatic rings. The highest BCUT2D eigenvalue weighted by Crippen LogP contribution is 2.20. The van der Waals surface area contributed by atoms with Crippen molar-refractivity contribution in [3.8, 4) is 11.4 Å². The van der Waals surface area contributed by atoms with Gasteiger partial charge in [0, 0.05) is 49.3 Å². The molecule has 3 aromatic heterocycles. The van der Waals surface area contributed by atoms with Gasteiger partial charge in [-0.25, -0.2) is 5.10 Å². The summed E-state index contributed by atoms with van der Waals surface area (Å²) >= 11 is 0. The highest BCUT2D eigenvalue weighted by atomic mass is 16.5. The first-order valence-electron chi connectivity index (χ1n) is 11.1. The van der Waals surface area contributed by atoms with Crippen LogP contribution in [0.5, 0.6) is 0 Å². The number of fused-ring (bicyclic) bond motifs is 1.